The monoisotopic (exact) mass is 399 g/mol. The highest BCUT2D eigenvalue weighted by atomic mass is 16.6. The summed E-state index contributed by atoms with van der Waals surface area (Å²) in [5.41, 5.74) is 5.26. The van der Waals surface area contributed by atoms with E-state index in [4.69, 9.17) is 19.9 Å². The van der Waals surface area contributed by atoms with E-state index in [-0.39, 0.29) is 13.0 Å². The molecule has 0 spiro atoms. The third kappa shape index (κ3) is 6.61. The third-order valence-corrected chi connectivity index (χ3v) is 4.06. The average molecular weight is 399 g/mol. The van der Waals surface area contributed by atoms with Gasteiger partial charge >= 0.3 is 11.9 Å². The lowest BCUT2D eigenvalue weighted by molar-refractivity contribution is -0.171. The molecule has 29 heavy (non-hydrogen) atoms. The Bertz CT molecular complexity index is 811. The van der Waals surface area contributed by atoms with Crippen molar-refractivity contribution in [2.24, 2.45) is 5.73 Å². The number of esters is 2. The van der Waals surface area contributed by atoms with Crippen LogP contribution in [-0.2, 0) is 32.1 Å². The second kappa shape index (κ2) is 9.56. The molecule has 1 atom stereocenters. The molecule has 2 aromatic rings. The molecular weight excluding hydrogens is 370 g/mol. The largest absolute Gasteiger partial charge is 0.489 e. The van der Waals surface area contributed by atoms with Gasteiger partial charge in [-0.2, -0.15) is 0 Å². The number of hydrogen-bond donors (Lipinski definition) is 1. The Balaban J connectivity index is 2.11. The van der Waals surface area contributed by atoms with Gasteiger partial charge in [-0.15, -0.1) is 0 Å². The highest BCUT2D eigenvalue weighted by Crippen LogP contribution is 2.21. The van der Waals surface area contributed by atoms with Gasteiger partial charge in [0.2, 0.25) is 5.54 Å². The van der Waals surface area contributed by atoms with Gasteiger partial charge in [0.15, 0.2) is 0 Å². The molecule has 2 N–H and O–H groups in total. The molecule has 0 aliphatic carbocycles. The van der Waals surface area contributed by atoms with Gasteiger partial charge in [-0.25, -0.2) is 9.59 Å². The fraction of sp³-hybridized carbons (Fsp3) is 0.391. The van der Waals surface area contributed by atoms with E-state index in [0.29, 0.717) is 17.9 Å². The Kier molecular flexibility index (Phi) is 7.40. The molecule has 6 nitrogen and oxygen atoms in total. The van der Waals surface area contributed by atoms with Crippen LogP contribution >= 0.6 is 0 Å². The SMILES string of the molecule is CCOC(=O)C(N)(Cc1ccc(OCc2ccccc2)cc1)C(=O)OC(C)(C)C. The molecule has 0 radical (unpaired) electrons. The van der Waals surface area contributed by atoms with E-state index in [1.165, 1.54) is 0 Å². The van der Waals surface area contributed by atoms with Crippen LogP contribution in [0.4, 0.5) is 0 Å². The lowest BCUT2D eigenvalue weighted by Crippen LogP contribution is -2.59. The fourth-order valence-electron chi connectivity index (χ4n) is 2.62. The van der Waals surface area contributed by atoms with Crippen LogP contribution in [0.1, 0.15) is 38.8 Å². The third-order valence-electron chi connectivity index (χ3n) is 4.06. The summed E-state index contributed by atoms with van der Waals surface area (Å²) < 4.78 is 16.2. The Morgan fingerprint density at radius 3 is 2.07 bits per heavy atom. The Morgan fingerprint density at radius 1 is 0.897 bits per heavy atom. The molecule has 0 aliphatic rings. The first-order valence-corrected chi connectivity index (χ1v) is 9.59. The summed E-state index contributed by atoms with van der Waals surface area (Å²) in [6.07, 6.45) is -0.0420. The minimum atomic E-state index is -1.92. The minimum Gasteiger partial charge on any atom is -0.489 e. The topological polar surface area (TPSA) is 87.9 Å². The van der Waals surface area contributed by atoms with E-state index in [1.807, 2.05) is 30.3 Å². The van der Waals surface area contributed by atoms with Crippen molar-refractivity contribution < 1.29 is 23.8 Å². The summed E-state index contributed by atoms with van der Waals surface area (Å²) >= 11 is 0. The number of benzene rings is 2. The quantitative estimate of drug-likeness (QED) is 0.541. The molecule has 2 rings (SSSR count). The summed E-state index contributed by atoms with van der Waals surface area (Å²) in [5, 5.41) is 0. The van der Waals surface area contributed by atoms with E-state index in [1.54, 1.807) is 52.0 Å². The highest BCUT2D eigenvalue weighted by Gasteiger charge is 2.46. The number of ether oxygens (including phenoxy) is 3. The number of hydrogen-bond acceptors (Lipinski definition) is 6. The lowest BCUT2D eigenvalue weighted by Gasteiger charge is -2.29. The van der Waals surface area contributed by atoms with Crippen molar-refractivity contribution in [3.63, 3.8) is 0 Å². The standard InChI is InChI=1S/C23H29NO5/c1-5-27-20(25)23(24,21(26)29-22(2,3)4)15-17-11-13-19(14-12-17)28-16-18-9-7-6-8-10-18/h6-14H,5,15-16,24H2,1-4H3. The molecule has 0 aliphatic heterocycles. The summed E-state index contributed by atoms with van der Waals surface area (Å²) in [5.74, 6) is -0.944. The van der Waals surface area contributed by atoms with E-state index in [0.717, 1.165) is 5.56 Å². The smallest absolute Gasteiger partial charge is 0.338 e. The Hall–Kier alpha value is -2.86. The van der Waals surface area contributed by atoms with Crippen molar-refractivity contribution in [1.82, 2.24) is 0 Å². The van der Waals surface area contributed by atoms with Crippen molar-refractivity contribution in [1.29, 1.82) is 0 Å². The van der Waals surface area contributed by atoms with Gasteiger partial charge in [0.25, 0.3) is 0 Å². The molecule has 0 saturated heterocycles. The first-order chi connectivity index (χ1) is 13.6. The number of nitrogens with two attached hydrogens (primary N) is 1. The summed E-state index contributed by atoms with van der Waals surface area (Å²) in [6, 6.07) is 16.9. The molecule has 1 unspecified atom stereocenters. The Morgan fingerprint density at radius 2 is 1.52 bits per heavy atom. The molecule has 0 aromatic heterocycles. The van der Waals surface area contributed by atoms with Crippen LogP contribution in [0.5, 0.6) is 5.75 Å². The fourth-order valence-corrected chi connectivity index (χ4v) is 2.62. The minimum absolute atomic E-state index is 0.0420. The van der Waals surface area contributed by atoms with Crippen molar-refractivity contribution in [2.45, 2.75) is 51.9 Å². The molecule has 0 amide bonds. The zero-order valence-corrected chi connectivity index (χ0v) is 17.4. The van der Waals surface area contributed by atoms with Gasteiger partial charge in [-0.3, -0.25) is 0 Å². The van der Waals surface area contributed by atoms with Crippen LogP contribution in [0.3, 0.4) is 0 Å². The van der Waals surface area contributed by atoms with Gasteiger partial charge in [0.05, 0.1) is 6.61 Å². The molecule has 156 valence electrons. The number of carbonyl (C=O) groups excluding carboxylic acids is 2. The van der Waals surface area contributed by atoms with Crippen molar-refractivity contribution in [3.8, 4) is 5.75 Å². The first kappa shape index (κ1) is 22.4. The number of rotatable bonds is 8. The summed E-state index contributed by atoms with van der Waals surface area (Å²) in [4.78, 5) is 25.1. The van der Waals surface area contributed by atoms with Gasteiger partial charge in [-0.1, -0.05) is 42.5 Å². The van der Waals surface area contributed by atoms with E-state index in [2.05, 4.69) is 0 Å². The van der Waals surface area contributed by atoms with Crippen molar-refractivity contribution in [3.05, 3.63) is 65.7 Å². The van der Waals surface area contributed by atoms with Crippen molar-refractivity contribution in [2.75, 3.05) is 6.61 Å². The van der Waals surface area contributed by atoms with E-state index in [9.17, 15) is 9.59 Å². The van der Waals surface area contributed by atoms with Crippen LogP contribution in [0.2, 0.25) is 0 Å². The number of carbonyl (C=O) groups is 2. The van der Waals surface area contributed by atoms with Gasteiger partial charge in [0.1, 0.15) is 18.0 Å². The molecule has 0 saturated carbocycles. The maximum absolute atomic E-state index is 12.7. The van der Waals surface area contributed by atoms with Crippen LogP contribution in [-0.4, -0.2) is 29.7 Å². The van der Waals surface area contributed by atoms with Crippen molar-refractivity contribution >= 4 is 11.9 Å². The average Bonchev–Trinajstić information content (AvgIpc) is 2.67. The molecule has 6 heteroatoms. The normalized spacial score (nSPS) is 13.3. The maximum atomic E-state index is 12.7. The van der Waals surface area contributed by atoms with Gasteiger partial charge < -0.3 is 19.9 Å². The second-order valence-corrected chi connectivity index (χ2v) is 7.79. The molecule has 0 heterocycles. The molecule has 0 bridgehead atoms. The predicted molar refractivity (Wildman–Crippen MR) is 110 cm³/mol. The maximum Gasteiger partial charge on any atom is 0.338 e. The lowest BCUT2D eigenvalue weighted by atomic mass is 9.91. The second-order valence-electron chi connectivity index (χ2n) is 7.79. The first-order valence-electron chi connectivity index (χ1n) is 9.59. The van der Waals surface area contributed by atoms with Gasteiger partial charge in [-0.05, 0) is 51.0 Å². The highest BCUT2D eigenvalue weighted by molar-refractivity contribution is 6.05. The van der Waals surface area contributed by atoms with Crippen LogP contribution < -0.4 is 10.5 Å². The molecule has 2 aromatic carbocycles. The van der Waals surface area contributed by atoms with Crippen LogP contribution in [0.25, 0.3) is 0 Å². The van der Waals surface area contributed by atoms with Gasteiger partial charge in [0, 0.05) is 6.42 Å². The zero-order valence-electron chi connectivity index (χ0n) is 17.4. The Labute approximate surface area is 172 Å². The van der Waals surface area contributed by atoms with Crippen LogP contribution in [0.15, 0.2) is 54.6 Å². The van der Waals surface area contributed by atoms with E-state index >= 15 is 0 Å². The molecular formula is C23H29NO5. The summed E-state index contributed by atoms with van der Waals surface area (Å²) in [6.45, 7) is 7.38. The van der Waals surface area contributed by atoms with E-state index < -0.39 is 23.1 Å². The van der Waals surface area contributed by atoms with Crippen LogP contribution in [0, 0.1) is 0 Å². The molecule has 0 fully saturated rings. The zero-order chi connectivity index (χ0) is 21.5. The summed E-state index contributed by atoms with van der Waals surface area (Å²) in [7, 11) is 0. The predicted octanol–water partition coefficient (Wildman–Crippen LogP) is 3.41.